The third-order valence-electron chi connectivity index (χ3n) is 3.27. The zero-order valence-electron chi connectivity index (χ0n) is 11.8. The number of carbonyl (C=O) groups is 1. The Morgan fingerprint density at radius 2 is 2.14 bits per heavy atom. The summed E-state index contributed by atoms with van der Waals surface area (Å²) < 4.78 is 5.32. The molecule has 1 aliphatic rings. The monoisotopic (exact) mass is 302 g/mol. The Balaban J connectivity index is 2.10. The molecule has 0 atom stereocenters. The predicted molar refractivity (Wildman–Crippen MR) is 84.1 cm³/mol. The first-order valence-corrected chi connectivity index (χ1v) is 6.96. The van der Waals surface area contributed by atoms with E-state index in [4.69, 9.17) is 16.0 Å². The number of benzene rings is 1. The van der Waals surface area contributed by atoms with Gasteiger partial charge >= 0.3 is 0 Å². The Bertz CT molecular complexity index is 705. The van der Waals surface area contributed by atoms with E-state index in [-0.39, 0.29) is 5.91 Å². The molecule has 0 N–H and O–H groups in total. The Morgan fingerprint density at radius 3 is 2.81 bits per heavy atom. The summed E-state index contributed by atoms with van der Waals surface area (Å²) in [7, 11) is 3.84. The van der Waals surface area contributed by atoms with E-state index in [9.17, 15) is 4.79 Å². The third kappa shape index (κ3) is 2.60. The number of rotatable bonds is 3. The minimum atomic E-state index is -0.0441. The van der Waals surface area contributed by atoms with Gasteiger partial charge < -0.3 is 4.42 Å². The molecule has 0 aliphatic carbocycles. The summed E-state index contributed by atoms with van der Waals surface area (Å²) in [4.78, 5) is 16.3. The molecule has 0 spiro atoms. The molecule has 0 fully saturated rings. The summed E-state index contributed by atoms with van der Waals surface area (Å²) in [6.45, 7) is 0.502. The highest BCUT2D eigenvalue weighted by Crippen LogP contribution is 2.39. The number of hydrogen-bond donors (Lipinski definition) is 0. The van der Waals surface area contributed by atoms with Crippen LogP contribution >= 0.6 is 11.6 Å². The topological polar surface area (TPSA) is 36.7 Å². The van der Waals surface area contributed by atoms with E-state index in [0.29, 0.717) is 23.0 Å². The van der Waals surface area contributed by atoms with Gasteiger partial charge in [-0.1, -0.05) is 17.7 Å². The van der Waals surface area contributed by atoms with E-state index < -0.39 is 0 Å². The number of amides is 1. The minimum Gasteiger partial charge on any atom is -0.465 e. The molecular weight excluding hydrogens is 288 g/mol. The highest BCUT2D eigenvalue weighted by atomic mass is 35.5. The molecule has 5 heteroatoms. The molecule has 2 aromatic rings. The summed E-state index contributed by atoms with van der Waals surface area (Å²) in [5.74, 6) is 0.614. The number of furan rings is 1. The quantitative estimate of drug-likeness (QED) is 0.816. The maximum Gasteiger partial charge on any atom is 0.260 e. The SMILES string of the molecule is CN(C)CN1C(=O)/C(=C\c2ccco2)c2ccc(Cl)cc21. The van der Waals surface area contributed by atoms with Gasteiger partial charge in [-0.3, -0.25) is 14.6 Å². The van der Waals surface area contributed by atoms with Crippen LogP contribution in [0.1, 0.15) is 11.3 Å². The Hall–Kier alpha value is -2.04. The third-order valence-corrected chi connectivity index (χ3v) is 3.51. The van der Waals surface area contributed by atoms with Gasteiger partial charge in [-0.05, 0) is 44.4 Å². The van der Waals surface area contributed by atoms with Crippen LogP contribution in [0.2, 0.25) is 5.02 Å². The van der Waals surface area contributed by atoms with Crippen molar-refractivity contribution in [3.05, 3.63) is 52.9 Å². The van der Waals surface area contributed by atoms with Crippen molar-refractivity contribution >= 4 is 34.8 Å². The van der Waals surface area contributed by atoms with Crippen LogP contribution in [0.5, 0.6) is 0 Å². The number of carbonyl (C=O) groups excluding carboxylic acids is 1. The zero-order valence-corrected chi connectivity index (χ0v) is 12.6. The molecule has 1 aliphatic heterocycles. The molecule has 0 radical (unpaired) electrons. The van der Waals surface area contributed by atoms with Crippen molar-refractivity contribution in [3.8, 4) is 0 Å². The fourth-order valence-corrected chi connectivity index (χ4v) is 2.57. The summed E-state index contributed by atoms with van der Waals surface area (Å²) in [5.41, 5.74) is 2.33. The summed E-state index contributed by atoms with van der Waals surface area (Å²) in [6.07, 6.45) is 3.36. The van der Waals surface area contributed by atoms with Crippen LogP contribution in [0, 0.1) is 0 Å². The number of fused-ring (bicyclic) bond motifs is 1. The summed E-state index contributed by atoms with van der Waals surface area (Å²) in [5, 5.41) is 0.615. The van der Waals surface area contributed by atoms with Crippen molar-refractivity contribution in [2.75, 3.05) is 25.7 Å². The fraction of sp³-hybridized carbons (Fsp3) is 0.188. The van der Waals surface area contributed by atoms with Gasteiger partial charge in [0.05, 0.1) is 24.2 Å². The second-order valence-electron chi connectivity index (χ2n) is 5.19. The zero-order chi connectivity index (χ0) is 15.0. The van der Waals surface area contributed by atoms with Gasteiger partial charge in [0.15, 0.2) is 0 Å². The molecule has 0 bridgehead atoms. The van der Waals surface area contributed by atoms with Crippen LogP contribution in [-0.2, 0) is 4.79 Å². The lowest BCUT2D eigenvalue weighted by Gasteiger charge is -2.21. The highest BCUT2D eigenvalue weighted by molar-refractivity contribution is 6.37. The Labute approximate surface area is 128 Å². The lowest BCUT2D eigenvalue weighted by molar-refractivity contribution is -0.113. The van der Waals surface area contributed by atoms with E-state index in [1.54, 1.807) is 29.4 Å². The van der Waals surface area contributed by atoms with Crippen LogP contribution in [0.3, 0.4) is 0 Å². The first-order chi connectivity index (χ1) is 10.1. The molecule has 0 saturated heterocycles. The molecule has 3 rings (SSSR count). The first kappa shape index (κ1) is 13.9. The smallest absolute Gasteiger partial charge is 0.260 e. The molecule has 21 heavy (non-hydrogen) atoms. The molecular formula is C16H15ClN2O2. The molecule has 0 saturated carbocycles. The molecule has 0 unspecified atom stereocenters. The molecule has 108 valence electrons. The lowest BCUT2D eigenvalue weighted by Crippen LogP contribution is -2.35. The maximum atomic E-state index is 12.7. The molecule has 1 aromatic heterocycles. The van der Waals surface area contributed by atoms with Gasteiger partial charge in [0.1, 0.15) is 5.76 Å². The van der Waals surface area contributed by atoms with Crippen LogP contribution in [0.15, 0.2) is 41.0 Å². The van der Waals surface area contributed by atoms with Gasteiger partial charge in [-0.2, -0.15) is 0 Å². The van der Waals surface area contributed by atoms with Gasteiger partial charge in [0.25, 0.3) is 5.91 Å². The maximum absolute atomic E-state index is 12.7. The largest absolute Gasteiger partial charge is 0.465 e. The van der Waals surface area contributed by atoms with Crippen molar-refractivity contribution in [2.45, 2.75) is 0 Å². The molecule has 1 aromatic carbocycles. The van der Waals surface area contributed by atoms with Crippen LogP contribution in [-0.4, -0.2) is 31.6 Å². The van der Waals surface area contributed by atoms with Crippen molar-refractivity contribution in [2.24, 2.45) is 0 Å². The number of anilines is 1. The molecule has 2 heterocycles. The summed E-state index contributed by atoms with van der Waals surface area (Å²) >= 11 is 6.07. The van der Waals surface area contributed by atoms with E-state index in [0.717, 1.165) is 11.3 Å². The van der Waals surface area contributed by atoms with Crippen molar-refractivity contribution < 1.29 is 9.21 Å². The lowest BCUT2D eigenvalue weighted by atomic mass is 10.1. The van der Waals surface area contributed by atoms with E-state index in [2.05, 4.69) is 0 Å². The van der Waals surface area contributed by atoms with Crippen LogP contribution in [0.25, 0.3) is 11.6 Å². The Morgan fingerprint density at radius 1 is 1.33 bits per heavy atom. The standard InChI is InChI=1S/C16H15ClN2O2/c1-18(2)10-19-15-8-11(17)5-6-13(15)14(16(19)20)9-12-4-3-7-21-12/h3-9H,10H2,1-2H3/b14-9-. The molecule has 1 amide bonds. The van der Waals surface area contributed by atoms with E-state index in [1.807, 2.05) is 37.2 Å². The van der Waals surface area contributed by atoms with Gasteiger partial charge in [0.2, 0.25) is 0 Å². The highest BCUT2D eigenvalue weighted by Gasteiger charge is 2.32. The minimum absolute atomic E-state index is 0.0441. The summed E-state index contributed by atoms with van der Waals surface area (Å²) in [6, 6.07) is 9.11. The second kappa shape index (κ2) is 5.39. The van der Waals surface area contributed by atoms with Crippen LogP contribution < -0.4 is 4.90 Å². The van der Waals surface area contributed by atoms with E-state index >= 15 is 0 Å². The Kier molecular flexibility index (Phi) is 3.57. The number of nitrogens with zero attached hydrogens (tertiary/aromatic N) is 2. The average molecular weight is 303 g/mol. The van der Waals surface area contributed by atoms with Crippen molar-refractivity contribution in [3.63, 3.8) is 0 Å². The second-order valence-corrected chi connectivity index (χ2v) is 5.63. The predicted octanol–water partition coefficient (Wildman–Crippen LogP) is 3.34. The van der Waals surface area contributed by atoms with Gasteiger partial charge in [-0.15, -0.1) is 0 Å². The molecule has 4 nitrogen and oxygen atoms in total. The van der Waals surface area contributed by atoms with Gasteiger partial charge in [-0.25, -0.2) is 0 Å². The van der Waals surface area contributed by atoms with Crippen molar-refractivity contribution in [1.82, 2.24) is 4.90 Å². The average Bonchev–Trinajstić information content (AvgIpc) is 3.01. The fourth-order valence-electron chi connectivity index (χ4n) is 2.40. The first-order valence-electron chi connectivity index (χ1n) is 6.58. The van der Waals surface area contributed by atoms with Crippen molar-refractivity contribution in [1.29, 1.82) is 0 Å². The normalized spacial score (nSPS) is 16.1. The van der Waals surface area contributed by atoms with E-state index in [1.165, 1.54) is 0 Å². The van der Waals surface area contributed by atoms with Gasteiger partial charge in [0, 0.05) is 10.6 Å². The number of halogens is 1. The van der Waals surface area contributed by atoms with Crippen LogP contribution in [0.4, 0.5) is 5.69 Å². The number of hydrogen-bond acceptors (Lipinski definition) is 3.